The van der Waals surface area contributed by atoms with Gasteiger partial charge in [0.1, 0.15) is 11.6 Å². The lowest BCUT2D eigenvalue weighted by Gasteiger charge is -2.32. The molecule has 3 rings (SSSR count). The van der Waals surface area contributed by atoms with Gasteiger partial charge in [0.25, 0.3) is 0 Å². The molecule has 0 aromatic heterocycles. The second-order valence-electron chi connectivity index (χ2n) is 5.98. The van der Waals surface area contributed by atoms with Crippen LogP contribution in [0.3, 0.4) is 0 Å². The van der Waals surface area contributed by atoms with Crippen LogP contribution in [0.15, 0.2) is 42.5 Å². The van der Waals surface area contributed by atoms with Crippen LogP contribution in [0.1, 0.15) is 23.6 Å². The number of methoxy groups -OCH3 is 1. The van der Waals surface area contributed by atoms with E-state index in [9.17, 15) is 4.39 Å². The quantitative estimate of drug-likeness (QED) is 0.907. The Balaban J connectivity index is 2.09. The summed E-state index contributed by atoms with van der Waals surface area (Å²) in [5.41, 5.74) is 1.88. The van der Waals surface area contributed by atoms with E-state index in [4.69, 9.17) is 16.3 Å². The Hall–Kier alpha value is -1.62. The van der Waals surface area contributed by atoms with Gasteiger partial charge in [0.15, 0.2) is 0 Å². The van der Waals surface area contributed by atoms with Crippen LogP contribution >= 0.6 is 11.6 Å². The summed E-state index contributed by atoms with van der Waals surface area (Å²) in [5.74, 6) is 0.539. The predicted molar refractivity (Wildman–Crippen MR) is 95.3 cm³/mol. The first-order valence-electron chi connectivity index (χ1n) is 8.22. The number of nitrogens with zero attached hydrogens (tertiary/aromatic N) is 1. The summed E-state index contributed by atoms with van der Waals surface area (Å²) in [6.45, 7) is 3.73. The zero-order valence-electron chi connectivity index (χ0n) is 13.8. The number of hydrogen-bond donors (Lipinski definition) is 1. The van der Waals surface area contributed by atoms with Crippen molar-refractivity contribution in [3.63, 3.8) is 0 Å². The maximum atomic E-state index is 13.9. The van der Waals surface area contributed by atoms with Gasteiger partial charge >= 0.3 is 0 Å². The van der Waals surface area contributed by atoms with Gasteiger partial charge in [-0.2, -0.15) is 0 Å². The molecule has 1 fully saturated rings. The number of halogens is 2. The van der Waals surface area contributed by atoms with Crippen molar-refractivity contribution in [3.8, 4) is 5.75 Å². The summed E-state index contributed by atoms with van der Waals surface area (Å²) in [7, 11) is 1.65. The van der Waals surface area contributed by atoms with E-state index in [1.807, 2.05) is 24.3 Å². The Bertz CT molecular complexity index is 687. The monoisotopic (exact) mass is 348 g/mol. The first-order valence-corrected chi connectivity index (χ1v) is 8.60. The van der Waals surface area contributed by atoms with Crippen molar-refractivity contribution in [2.45, 2.75) is 12.5 Å². The molecule has 0 aliphatic carbocycles. The van der Waals surface area contributed by atoms with E-state index in [2.05, 4.69) is 10.2 Å². The topological polar surface area (TPSA) is 24.5 Å². The molecule has 0 saturated carbocycles. The van der Waals surface area contributed by atoms with E-state index in [1.165, 1.54) is 6.07 Å². The molecular weight excluding hydrogens is 327 g/mol. The Kier molecular flexibility index (Phi) is 5.72. The van der Waals surface area contributed by atoms with Crippen molar-refractivity contribution in [3.05, 3.63) is 64.4 Å². The third-order valence-electron chi connectivity index (χ3n) is 4.39. The average molecular weight is 349 g/mol. The van der Waals surface area contributed by atoms with E-state index in [-0.39, 0.29) is 11.9 Å². The lowest BCUT2D eigenvalue weighted by Crippen LogP contribution is -2.33. The predicted octanol–water partition coefficient (Wildman–Crippen LogP) is 3.87. The molecule has 0 spiro atoms. The minimum absolute atomic E-state index is 0.0887. The van der Waals surface area contributed by atoms with Gasteiger partial charge < -0.3 is 10.1 Å². The smallest absolute Gasteiger partial charge is 0.124 e. The Morgan fingerprint density at radius 2 is 2.04 bits per heavy atom. The zero-order chi connectivity index (χ0) is 16.9. The molecular formula is C19H22ClFN2O. The minimum atomic E-state index is -0.230. The van der Waals surface area contributed by atoms with Gasteiger partial charge in [-0.25, -0.2) is 4.39 Å². The second-order valence-corrected chi connectivity index (χ2v) is 6.42. The number of nitrogens with one attached hydrogen (secondary N) is 1. The highest BCUT2D eigenvalue weighted by Crippen LogP contribution is 2.36. The Morgan fingerprint density at radius 1 is 1.17 bits per heavy atom. The number of rotatable bonds is 4. The van der Waals surface area contributed by atoms with E-state index >= 15 is 0 Å². The van der Waals surface area contributed by atoms with Gasteiger partial charge in [-0.1, -0.05) is 23.7 Å². The third-order valence-corrected chi connectivity index (χ3v) is 4.63. The van der Waals surface area contributed by atoms with E-state index in [0.717, 1.165) is 49.5 Å². The molecule has 0 radical (unpaired) electrons. The molecule has 1 atom stereocenters. The highest BCUT2D eigenvalue weighted by Gasteiger charge is 2.26. The van der Waals surface area contributed by atoms with Crippen molar-refractivity contribution in [2.75, 3.05) is 33.3 Å². The molecule has 0 amide bonds. The van der Waals surface area contributed by atoms with Crippen LogP contribution in [-0.2, 0) is 0 Å². The Morgan fingerprint density at radius 3 is 2.83 bits per heavy atom. The minimum Gasteiger partial charge on any atom is -0.496 e. The van der Waals surface area contributed by atoms with Crippen LogP contribution in [0.25, 0.3) is 0 Å². The molecule has 24 heavy (non-hydrogen) atoms. The van der Waals surface area contributed by atoms with Gasteiger partial charge in [-0.05, 0) is 48.9 Å². The molecule has 1 aliphatic rings. The molecule has 1 heterocycles. The lowest BCUT2D eigenvalue weighted by molar-refractivity contribution is 0.236. The summed E-state index contributed by atoms with van der Waals surface area (Å²) < 4.78 is 19.4. The fourth-order valence-corrected chi connectivity index (χ4v) is 3.49. The van der Waals surface area contributed by atoms with Crippen molar-refractivity contribution in [1.29, 1.82) is 0 Å². The zero-order valence-corrected chi connectivity index (χ0v) is 14.5. The van der Waals surface area contributed by atoms with Crippen LogP contribution in [0.5, 0.6) is 5.75 Å². The van der Waals surface area contributed by atoms with Crippen LogP contribution in [-0.4, -0.2) is 38.2 Å². The van der Waals surface area contributed by atoms with E-state index in [0.29, 0.717) is 5.02 Å². The Labute approximate surface area is 147 Å². The van der Waals surface area contributed by atoms with E-state index < -0.39 is 0 Å². The largest absolute Gasteiger partial charge is 0.496 e. The van der Waals surface area contributed by atoms with E-state index in [1.54, 1.807) is 19.2 Å². The number of benzene rings is 2. The van der Waals surface area contributed by atoms with Crippen LogP contribution in [0.4, 0.5) is 4.39 Å². The van der Waals surface area contributed by atoms with Crippen molar-refractivity contribution >= 4 is 11.6 Å². The normalized spacial score (nSPS) is 17.3. The molecule has 1 N–H and O–H groups in total. The highest BCUT2D eigenvalue weighted by molar-refractivity contribution is 6.30. The molecule has 0 bridgehead atoms. The molecule has 2 aromatic carbocycles. The summed E-state index contributed by atoms with van der Waals surface area (Å²) in [5, 5.41) is 4.07. The average Bonchev–Trinajstić information content (AvgIpc) is 2.85. The summed E-state index contributed by atoms with van der Waals surface area (Å²) in [4.78, 5) is 2.36. The second kappa shape index (κ2) is 7.97. The van der Waals surface area contributed by atoms with Gasteiger partial charge in [0.05, 0.1) is 13.2 Å². The van der Waals surface area contributed by atoms with Crippen molar-refractivity contribution in [1.82, 2.24) is 10.2 Å². The van der Waals surface area contributed by atoms with Gasteiger partial charge in [0, 0.05) is 30.2 Å². The highest BCUT2D eigenvalue weighted by atomic mass is 35.5. The molecule has 1 aliphatic heterocycles. The summed E-state index contributed by atoms with van der Waals surface area (Å²) in [6.07, 6.45) is 1.05. The first kappa shape index (κ1) is 17.2. The van der Waals surface area contributed by atoms with Crippen LogP contribution < -0.4 is 10.1 Å². The maximum absolute atomic E-state index is 13.9. The molecule has 2 aromatic rings. The first-order chi connectivity index (χ1) is 11.7. The third kappa shape index (κ3) is 3.89. The van der Waals surface area contributed by atoms with Gasteiger partial charge in [0.2, 0.25) is 0 Å². The molecule has 128 valence electrons. The fraction of sp³-hybridized carbons (Fsp3) is 0.368. The van der Waals surface area contributed by atoms with Gasteiger partial charge in [-0.3, -0.25) is 4.90 Å². The van der Waals surface area contributed by atoms with Crippen molar-refractivity contribution in [2.24, 2.45) is 0 Å². The van der Waals surface area contributed by atoms with Crippen LogP contribution in [0.2, 0.25) is 5.02 Å². The summed E-state index contributed by atoms with van der Waals surface area (Å²) >= 11 is 6.25. The lowest BCUT2D eigenvalue weighted by atomic mass is 9.95. The SMILES string of the molecule is COc1ccc(Cl)cc1C(c1cccc(F)c1)N1CCCNCC1. The number of hydrogen-bond acceptors (Lipinski definition) is 3. The van der Waals surface area contributed by atoms with Gasteiger partial charge in [-0.15, -0.1) is 0 Å². The molecule has 1 saturated heterocycles. The molecule has 3 nitrogen and oxygen atoms in total. The fourth-order valence-electron chi connectivity index (χ4n) is 3.31. The van der Waals surface area contributed by atoms with Crippen LogP contribution in [0, 0.1) is 5.82 Å². The summed E-state index contributed by atoms with van der Waals surface area (Å²) in [6, 6.07) is 12.3. The van der Waals surface area contributed by atoms with Crippen molar-refractivity contribution < 1.29 is 9.13 Å². The number of ether oxygens (including phenoxy) is 1. The molecule has 5 heteroatoms. The maximum Gasteiger partial charge on any atom is 0.124 e. The molecule has 1 unspecified atom stereocenters. The standard InChI is InChI=1S/C19H22ClFN2O/c1-24-18-7-6-15(20)13-17(18)19(14-4-2-5-16(21)12-14)23-10-3-8-22-9-11-23/h2,4-7,12-13,19,22H,3,8-11H2,1H3.